The molecule has 2 amide bonds. The van der Waals surface area contributed by atoms with Gasteiger partial charge in [-0.1, -0.05) is 0 Å². The molecule has 0 saturated heterocycles. The van der Waals surface area contributed by atoms with Gasteiger partial charge in [0.05, 0.1) is 11.6 Å². The number of benzene rings is 1. The van der Waals surface area contributed by atoms with Crippen molar-refractivity contribution in [3.8, 4) is 6.07 Å². The molecule has 1 atom stereocenters. The van der Waals surface area contributed by atoms with Crippen molar-refractivity contribution in [3.63, 3.8) is 0 Å². The topological polar surface area (TPSA) is 91.2 Å². The third-order valence-electron chi connectivity index (χ3n) is 7.15. The van der Waals surface area contributed by atoms with Crippen molar-refractivity contribution in [2.75, 3.05) is 18.5 Å². The summed E-state index contributed by atoms with van der Waals surface area (Å²) in [7, 11) is 0. The summed E-state index contributed by atoms with van der Waals surface area (Å²) in [5.74, 6) is 2.07. The van der Waals surface area contributed by atoms with Gasteiger partial charge in [-0.05, 0) is 92.9 Å². The number of nitrogens with one attached hydrogen (secondary N) is 2. The lowest BCUT2D eigenvalue weighted by atomic mass is 9.48. The molecule has 0 aliphatic heterocycles. The number of carbonyl (C=O) groups is 2. The summed E-state index contributed by atoms with van der Waals surface area (Å²) in [5.41, 5.74) is 1.39. The van der Waals surface area contributed by atoms with Crippen LogP contribution in [0.2, 0.25) is 0 Å². The molecule has 6 heteroatoms. The Bertz CT molecular complexity index is 776. The quantitative estimate of drug-likeness (QED) is 0.741. The number of carbonyl (C=O) groups excluding carboxylic acids is 2. The van der Waals surface area contributed by atoms with E-state index in [-0.39, 0.29) is 36.5 Å². The largest absolute Gasteiger partial charge is 0.362 e. The molecule has 0 aromatic heterocycles. The summed E-state index contributed by atoms with van der Waals surface area (Å²) >= 11 is 0. The summed E-state index contributed by atoms with van der Waals surface area (Å²) in [6.45, 7) is 1.85. The maximum atomic E-state index is 12.4. The first-order chi connectivity index (χ1) is 14.0. The Morgan fingerprint density at radius 2 is 1.62 bits per heavy atom. The van der Waals surface area contributed by atoms with Crippen molar-refractivity contribution in [1.29, 1.82) is 5.26 Å². The number of anilines is 1. The molecule has 0 heterocycles. The summed E-state index contributed by atoms with van der Waals surface area (Å²) in [4.78, 5) is 24.3. The highest BCUT2D eigenvalue weighted by Gasteiger charge is 2.53. The first-order valence-corrected chi connectivity index (χ1v) is 10.6. The predicted molar refractivity (Wildman–Crippen MR) is 109 cm³/mol. The molecule has 4 bridgehead atoms. The fourth-order valence-corrected chi connectivity index (χ4v) is 6.21. The second-order valence-electron chi connectivity index (χ2n) is 9.30. The number of amides is 2. The minimum absolute atomic E-state index is 0.114. The standard InChI is InChI=1S/C23H29N3O3/c1-15(23-9-17-6-18(10-23)8-19(7-17)11-23)25-21(27)13-29-14-22(28)26-20-4-2-16(12-24)3-5-20/h2-5,15,17-19H,6-11,13-14H2,1H3,(H,25,27)(H,26,28). The van der Waals surface area contributed by atoms with E-state index in [1.54, 1.807) is 24.3 Å². The summed E-state index contributed by atoms with van der Waals surface area (Å²) in [6, 6.07) is 8.78. The number of hydrogen-bond donors (Lipinski definition) is 2. The number of nitriles is 1. The van der Waals surface area contributed by atoms with Crippen molar-refractivity contribution in [1.82, 2.24) is 5.32 Å². The third kappa shape index (κ3) is 4.45. The van der Waals surface area contributed by atoms with E-state index in [1.807, 2.05) is 6.07 Å². The van der Waals surface area contributed by atoms with E-state index < -0.39 is 0 Å². The van der Waals surface area contributed by atoms with Crippen molar-refractivity contribution in [2.24, 2.45) is 23.2 Å². The van der Waals surface area contributed by atoms with Crippen molar-refractivity contribution in [2.45, 2.75) is 51.5 Å². The van der Waals surface area contributed by atoms with Gasteiger partial charge >= 0.3 is 0 Å². The van der Waals surface area contributed by atoms with Crippen molar-refractivity contribution < 1.29 is 14.3 Å². The van der Waals surface area contributed by atoms with Gasteiger partial charge in [0.25, 0.3) is 0 Å². The SMILES string of the molecule is CC(NC(=O)COCC(=O)Nc1ccc(C#N)cc1)C12CC3CC(CC(C3)C1)C2. The Morgan fingerprint density at radius 3 is 2.17 bits per heavy atom. The molecule has 1 aromatic rings. The molecule has 2 N–H and O–H groups in total. The third-order valence-corrected chi connectivity index (χ3v) is 7.15. The van der Waals surface area contributed by atoms with Crippen LogP contribution >= 0.6 is 0 Å². The van der Waals surface area contributed by atoms with Crippen LogP contribution in [0.25, 0.3) is 0 Å². The monoisotopic (exact) mass is 395 g/mol. The lowest BCUT2D eigenvalue weighted by Crippen LogP contribution is -2.56. The van der Waals surface area contributed by atoms with Gasteiger partial charge in [-0.15, -0.1) is 0 Å². The molecule has 0 spiro atoms. The van der Waals surface area contributed by atoms with Gasteiger partial charge in [0.15, 0.2) is 0 Å². The molecule has 1 aromatic carbocycles. The normalized spacial score (nSPS) is 30.4. The van der Waals surface area contributed by atoms with E-state index in [2.05, 4.69) is 17.6 Å². The van der Waals surface area contributed by atoms with E-state index in [4.69, 9.17) is 10.00 Å². The van der Waals surface area contributed by atoms with Gasteiger partial charge in [-0.3, -0.25) is 9.59 Å². The summed E-state index contributed by atoms with van der Waals surface area (Å²) in [6.07, 6.45) is 7.89. The zero-order valence-corrected chi connectivity index (χ0v) is 16.9. The van der Waals surface area contributed by atoms with Crippen LogP contribution in [0, 0.1) is 34.5 Å². The van der Waals surface area contributed by atoms with Crippen LogP contribution in [0.3, 0.4) is 0 Å². The second kappa shape index (κ2) is 8.16. The first kappa shape index (κ1) is 19.9. The summed E-state index contributed by atoms with van der Waals surface area (Å²) in [5, 5.41) is 14.6. The highest BCUT2D eigenvalue weighted by Crippen LogP contribution is 2.61. The molecular weight excluding hydrogens is 366 g/mol. The van der Waals surface area contributed by atoms with E-state index in [0.717, 1.165) is 17.8 Å². The Hall–Kier alpha value is -2.39. The van der Waals surface area contributed by atoms with Gasteiger partial charge < -0.3 is 15.4 Å². The predicted octanol–water partition coefficient (Wildman–Crippen LogP) is 3.23. The molecule has 4 saturated carbocycles. The Labute approximate surface area is 172 Å². The van der Waals surface area contributed by atoms with Gasteiger partial charge in [-0.2, -0.15) is 5.26 Å². The van der Waals surface area contributed by atoms with E-state index in [9.17, 15) is 9.59 Å². The van der Waals surface area contributed by atoms with Gasteiger partial charge in [0, 0.05) is 11.7 Å². The molecule has 0 radical (unpaired) electrons. The second-order valence-corrected chi connectivity index (χ2v) is 9.30. The van der Waals surface area contributed by atoms with E-state index >= 15 is 0 Å². The van der Waals surface area contributed by atoms with E-state index in [0.29, 0.717) is 11.3 Å². The molecule has 6 nitrogen and oxygen atoms in total. The van der Waals surface area contributed by atoms with Crippen LogP contribution in [-0.4, -0.2) is 31.1 Å². The summed E-state index contributed by atoms with van der Waals surface area (Å²) < 4.78 is 5.32. The van der Waals surface area contributed by atoms with Gasteiger partial charge in [0.1, 0.15) is 13.2 Å². The molecule has 5 rings (SSSR count). The van der Waals surface area contributed by atoms with Gasteiger partial charge in [0.2, 0.25) is 11.8 Å². The smallest absolute Gasteiger partial charge is 0.250 e. The van der Waals surface area contributed by atoms with Crippen LogP contribution in [0.5, 0.6) is 0 Å². The lowest BCUT2D eigenvalue weighted by Gasteiger charge is -2.59. The Balaban J connectivity index is 1.20. The van der Waals surface area contributed by atoms with E-state index in [1.165, 1.54) is 38.5 Å². The lowest BCUT2D eigenvalue weighted by molar-refractivity contribution is -0.132. The fraction of sp³-hybridized carbons (Fsp3) is 0.609. The van der Waals surface area contributed by atoms with Crippen molar-refractivity contribution >= 4 is 17.5 Å². The van der Waals surface area contributed by atoms with Crippen LogP contribution in [0.4, 0.5) is 5.69 Å². The molecule has 154 valence electrons. The van der Waals surface area contributed by atoms with Crippen LogP contribution in [0.15, 0.2) is 24.3 Å². The minimum atomic E-state index is -0.323. The highest BCUT2D eigenvalue weighted by molar-refractivity contribution is 5.91. The molecular formula is C23H29N3O3. The molecule has 4 aliphatic carbocycles. The Morgan fingerprint density at radius 1 is 1.07 bits per heavy atom. The molecule has 1 unspecified atom stereocenters. The number of nitrogens with zero attached hydrogens (tertiary/aromatic N) is 1. The maximum absolute atomic E-state index is 12.4. The zero-order chi connectivity index (χ0) is 20.4. The average Bonchev–Trinajstić information content (AvgIpc) is 2.67. The minimum Gasteiger partial charge on any atom is -0.362 e. The Kier molecular flexibility index (Phi) is 5.60. The highest BCUT2D eigenvalue weighted by atomic mass is 16.5. The number of hydrogen-bond acceptors (Lipinski definition) is 4. The molecule has 4 fully saturated rings. The average molecular weight is 396 g/mol. The van der Waals surface area contributed by atoms with Crippen molar-refractivity contribution in [3.05, 3.63) is 29.8 Å². The van der Waals surface area contributed by atoms with Crippen LogP contribution in [-0.2, 0) is 14.3 Å². The maximum Gasteiger partial charge on any atom is 0.250 e. The zero-order valence-electron chi connectivity index (χ0n) is 16.9. The molecule has 29 heavy (non-hydrogen) atoms. The van der Waals surface area contributed by atoms with Crippen LogP contribution < -0.4 is 10.6 Å². The number of rotatable bonds is 7. The fourth-order valence-electron chi connectivity index (χ4n) is 6.21. The number of ether oxygens (including phenoxy) is 1. The van der Waals surface area contributed by atoms with Crippen LogP contribution in [0.1, 0.15) is 51.0 Å². The van der Waals surface area contributed by atoms with Gasteiger partial charge in [-0.25, -0.2) is 0 Å². The molecule has 4 aliphatic rings. The first-order valence-electron chi connectivity index (χ1n) is 10.6.